The fraction of sp³-hybridized carbons (Fsp3) is 0.364. The van der Waals surface area contributed by atoms with Crippen LogP contribution < -0.4 is 0 Å². The van der Waals surface area contributed by atoms with Gasteiger partial charge in [0, 0.05) is 29.6 Å². The third kappa shape index (κ3) is 4.24. The Morgan fingerprint density at radius 3 is 2.82 bits per heavy atom. The van der Waals surface area contributed by atoms with Gasteiger partial charge in [0.1, 0.15) is 6.61 Å². The Morgan fingerprint density at radius 1 is 1.53 bits per heavy atom. The molecular weight excluding hydrogens is 290 g/mol. The molecule has 0 aliphatic heterocycles. The SMILES string of the molecule is COCC(=O)CCc1ccc(Br)cc1[N+](=O)[O-]. The average molecular weight is 302 g/mol. The lowest BCUT2D eigenvalue weighted by Gasteiger charge is -2.03. The number of Topliss-reactive ketones (excluding diaryl/α,β-unsaturated/α-hetero) is 1. The zero-order valence-corrected chi connectivity index (χ0v) is 10.9. The average Bonchev–Trinajstić information content (AvgIpc) is 2.27. The molecule has 0 heterocycles. The van der Waals surface area contributed by atoms with Gasteiger partial charge in [0.15, 0.2) is 5.78 Å². The zero-order valence-electron chi connectivity index (χ0n) is 9.31. The number of aryl methyl sites for hydroxylation is 1. The monoisotopic (exact) mass is 301 g/mol. The molecule has 0 atom stereocenters. The molecule has 0 saturated carbocycles. The van der Waals surface area contributed by atoms with E-state index in [4.69, 9.17) is 4.74 Å². The number of ether oxygens (including phenoxy) is 1. The summed E-state index contributed by atoms with van der Waals surface area (Å²) in [6.45, 7) is 0.0460. The van der Waals surface area contributed by atoms with Crippen molar-refractivity contribution in [2.45, 2.75) is 12.8 Å². The number of nitro benzene ring substituents is 1. The van der Waals surface area contributed by atoms with Crippen LogP contribution in [-0.4, -0.2) is 24.4 Å². The molecule has 1 aromatic rings. The maximum absolute atomic E-state index is 11.3. The first-order valence-electron chi connectivity index (χ1n) is 4.98. The highest BCUT2D eigenvalue weighted by Gasteiger charge is 2.14. The van der Waals surface area contributed by atoms with Crippen LogP contribution in [0.15, 0.2) is 22.7 Å². The lowest BCUT2D eigenvalue weighted by molar-refractivity contribution is -0.385. The molecule has 0 saturated heterocycles. The number of hydrogen-bond acceptors (Lipinski definition) is 4. The van der Waals surface area contributed by atoms with Gasteiger partial charge in [-0.2, -0.15) is 0 Å². The van der Waals surface area contributed by atoms with E-state index >= 15 is 0 Å². The van der Waals surface area contributed by atoms with Crippen LogP contribution in [0.25, 0.3) is 0 Å². The van der Waals surface area contributed by atoms with E-state index in [9.17, 15) is 14.9 Å². The molecule has 0 aliphatic carbocycles. The minimum Gasteiger partial charge on any atom is -0.377 e. The smallest absolute Gasteiger partial charge is 0.273 e. The maximum Gasteiger partial charge on any atom is 0.273 e. The molecule has 0 amide bonds. The molecule has 0 aromatic heterocycles. The summed E-state index contributed by atoms with van der Waals surface area (Å²) in [5, 5.41) is 10.8. The van der Waals surface area contributed by atoms with Gasteiger partial charge in [-0.1, -0.05) is 22.0 Å². The minimum atomic E-state index is -0.444. The predicted molar refractivity (Wildman–Crippen MR) is 66.0 cm³/mol. The standard InChI is InChI=1S/C11H12BrNO4/c1-17-7-10(14)5-3-8-2-4-9(12)6-11(8)13(15)16/h2,4,6H,3,5,7H2,1H3. The highest BCUT2D eigenvalue weighted by atomic mass is 79.9. The van der Waals surface area contributed by atoms with E-state index < -0.39 is 4.92 Å². The van der Waals surface area contributed by atoms with Gasteiger partial charge >= 0.3 is 0 Å². The minimum absolute atomic E-state index is 0.0320. The summed E-state index contributed by atoms with van der Waals surface area (Å²) in [7, 11) is 1.44. The van der Waals surface area contributed by atoms with Crippen molar-refractivity contribution in [2.24, 2.45) is 0 Å². The molecule has 0 unspecified atom stereocenters. The first kappa shape index (κ1) is 13.8. The Bertz CT molecular complexity index is 433. The van der Waals surface area contributed by atoms with E-state index in [0.717, 1.165) is 0 Å². The van der Waals surface area contributed by atoms with Gasteiger partial charge in [-0.05, 0) is 12.5 Å². The lowest BCUT2D eigenvalue weighted by atomic mass is 10.1. The number of carbonyl (C=O) groups is 1. The van der Waals surface area contributed by atoms with Crippen molar-refractivity contribution in [3.05, 3.63) is 38.3 Å². The second kappa shape index (κ2) is 6.46. The number of nitro groups is 1. The van der Waals surface area contributed by atoms with E-state index in [-0.39, 0.29) is 24.5 Å². The van der Waals surface area contributed by atoms with Crippen molar-refractivity contribution in [3.8, 4) is 0 Å². The number of methoxy groups -OCH3 is 1. The molecular formula is C11H12BrNO4. The summed E-state index contributed by atoms with van der Waals surface area (Å²) in [6, 6.07) is 4.82. The zero-order chi connectivity index (χ0) is 12.8. The fourth-order valence-corrected chi connectivity index (χ4v) is 1.77. The molecule has 5 nitrogen and oxygen atoms in total. The molecule has 0 N–H and O–H groups in total. The molecule has 92 valence electrons. The first-order valence-corrected chi connectivity index (χ1v) is 5.77. The topological polar surface area (TPSA) is 69.4 Å². The molecule has 0 aliphatic rings. The third-order valence-corrected chi connectivity index (χ3v) is 2.72. The van der Waals surface area contributed by atoms with Crippen LogP contribution in [0, 0.1) is 10.1 Å². The molecule has 17 heavy (non-hydrogen) atoms. The van der Waals surface area contributed by atoms with Crippen LogP contribution in [0.4, 0.5) is 5.69 Å². The van der Waals surface area contributed by atoms with Crippen molar-refractivity contribution in [2.75, 3.05) is 13.7 Å². The van der Waals surface area contributed by atoms with Crippen molar-refractivity contribution in [3.63, 3.8) is 0 Å². The van der Waals surface area contributed by atoms with Gasteiger partial charge in [0.25, 0.3) is 5.69 Å². The lowest BCUT2D eigenvalue weighted by Crippen LogP contribution is -2.08. The highest BCUT2D eigenvalue weighted by molar-refractivity contribution is 9.10. The quantitative estimate of drug-likeness (QED) is 0.598. The Balaban J connectivity index is 2.77. The fourth-order valence-electron chi connectivity index (χ4n) is 1.43. The van der Waals surface area contributed by atoms with Crippen LogP contribution in [0.2, 0.25) is 0 Å². The molecule has 0 fully saturated rings. The number of halogens is 1. The largest absolute Gasteiger partial charge is 0.377 e. The van der Waals surface area contributed by atoms with Gasteiger partial charge < -0.3 is 4.74 Å². The Hall–Kier alpha value is -1.27. The highest BCUT2D eigenvalue weighted by Crippen LogP contribution is 2.24. The molecule has 6 heteroatoms. The number of carbonyl (C=O) groups excluding carboxylic acids is 1. The van der Waals surface area contributed by atoms with Crippen LogP contribution in [0.5, 0.6) is 0 Å². The summed E-state index contributed by atoms with van der Waals surface area (Å²) < 4.78 is 5.35. The Morgan fingerprint density at radius 2 is 2.24 bits per heavy atom. The van der Waals surface area contributed by atoms with Crippen molar-refractivity contribution in [1.29, 1.82) is 0 Å². The molecule has 1 aromatic carbocycles. The summed E-state index contributed by atoms with van der Waals surface area (Å²) in [5.74, 6) is -0.0651. The molecule has 0 spiro atoms. The van der Waals surface area contributed by atoms with Gasteiger partial charge in [0.2, 0.25) is 0 Å². The van der Waals surface area contributed by atoms with Crippen LogP contribution in [0.3, 0.4) is 0 Å². The van der Waals surface area contributed by atoms with E-state index in [1.54, 1.807) is 12.1 Å². The summed E-state index contributed by atoms with van der Waals surface area (Å²) in [6.07, 6.45) is 0.599. The van der Waals surface area contributed by atoms with Gasteiger partial charge in [-0.25, -0.2) is 0 Å². The van der Waals surface area contributed by atoms with Gasteiger partial charge in [-0.3, -0.25) is 14.9 Å². The van der Waals surface area contributed by atoms with E-state index in [1.807, 2.05) is 0 Å². The van der Waals surface area contributed by atoms with Crippen LogP contribution in [-0.2, 0) is 16.0 Å². The third-order valence-electron chi connectivity index (χ3n) is 2.22. The Labute approximate surface area is 107 Å². The summed E-state index contributed by atoms with van der Waals surface area (Å²) in [5.41, 5.74) is 0.590. The van der Waals surface area contributed by atoms with Crippen LogP contribution >= 0.6 is 15.9 Å². The summed E-state index contributed by atoms with van der Waals surface area (Å²) >= 11 is 3.18. The van der Waals surface area contributed by atoms with Crippen molar-refractivity contribution < 1.29 is 14.5 Å². The van der Waals surface area contributed by atoms with Crippen LogP contribution in [0.1, 0.15) is 12.0 Å². The second-order valence-electron chi connectivity index (χ2n) is 3.50. The van der Waals surface area contributed by atoms with E-state index in [1.165, 1.54) is 13.2 Å². The summed E-state index contributed by atoms with van der Waals surface area (Å²) in [4.78, 5) is 21.6. The Kier molecular flexibility index (Phi) is 5.24. The van der Waals surface area contributed by atoms with E-state index in [0.29, 0.717) is 16.5 Å². The maximum atomic E-state index is 11.3. The second-order valence-corrected chi connectivity index (χ2v) is 4.42. The molecule has 0 radical (unpaired) electrons. The number of hydrogen-bond donors (Lipinski definition) is 0. The number of ketones is 1. The number of benzene rings is 1. The normalized spacial score (nSPS) is 10.2. The predicted octanol–water partition coefficient (Wildman–Crippen LogP) is 2.51. The van der Waals surface area contributed by atoms with Gasteiger partial charge in [0.05, 0.1) is 4.92 Å². The number of rotatable bonds is 6. The van der Waals surface area contributed by atoms with Crippen molar-refractivity contribution in [1.82, 2.24) is 0 Å². The molecule has 1 rings (SSSR count). The first-order chi connectivity index (χ1) is 8.04. The van der Waals surface area contributed by atoms with Crippen molar-refractivity contribution >= 4 is 27.4 Å². The number of nitrogens with zero attached hydrogens (tertiary/aromatic N) is 1. The van der Waals surface area contributed by atoms with E-state index in [2.05, 4.69) is 15.9 Å². The molecule has 0 bridgehead atoms. The van der Waals surface area contributed by atoms with Gasteiger partial charge in [-0.15, -0.1) is 0 Å².